The summed E-state index contributed by atoms with van der Waals surface area (Å²) in [6.07, 6.45) is 0. The SMILES string of the molecule is Cc1c(Cl)ccc([C@@H](N)CO)c1O. The molecule has 0 aliphatic rings. The van der Waals surface area contributed by atoms with Crippen LogP contribution < -0.4 is 5.73 Å². The molecule has 72 valence electrons. The summed E-state index contributed by atoms with van der Waals surface area (Å²) in [6, 6.07) is 2.71. The Morgan fingerprint density at radius 3 is 2.69 bits per heavy atom. The predicted octanol–water partition coefficient (Wildman–Crippen LogP) is 1.35. The molecule has 0 bridgehead atoms. The van der Waals surface area contributed by atoms with E-state index in [-0.39, 0.29) is 12.4 Å². The number of aromatic hydroxyl groups is 1. The number of phenols is 1. The monoisotopic (exact) mass is 201 g/mol. The average molecular weight is 202 g/mol. The standard InChI is InChI=1S/C9H12ClNO2/c1-5-7(10)3-2-6(9(5)13)8(11)4-12/h2-3,8,12-13H,4,11H2,1H3/t8-/m0/s1. The summed E-state index contributed by atoms with van der Waals surface area (Å²) in [7, 11) is 0. The fourth-order valence-electron chi connectivity index (χ4n) is 1.09. The molecule has 0 radical (unpaired) electrons. The molecule has 13 heavy (non-hydrogen) atoms. The molecular formula is C9H12ClNO2. The molecule has 0 heterocycles. The highest BCUT2D eigenvalue weighted by Crippen LogP contribution is 2.31. The maximum atomic E-state index is 9.60. The second-order valence-electron chi connectivity index (χ2n) is 2.90. The van der Waals surface area contributed by atoms with Gasteiger partial charge in [-0.2, -0.15) is 0 Å². The Morgan fingerprint density at radius 1 is 1.54 bits per heavy atom. The molecule has 1 rings (SSSR count). The zero-order valence-electron chi connectivity index (χ0n) is 7.29. The van der Waals surface area contributed by atoms with Crippen LogP contribution in [-0.2, 0) is 0 Å². The summed E-state index contributed by atoms with van der Waals surface area (Å²) in [4.78, 5) is 0. The van der Waals surface area contributed by atoms with Gasteiger partial charge in [0.2, 0.25) is 0 Å². The average Bonchev–Trinajstić information content (AvgIpc) is 2.13. The minimum atomic E-state index is -0.559. The van der Waals surface area contributed by atoms with E-state index in [0.717, 1.165) is 0 Å². The molecule has 3 nitrogen and oxygen atoms in total. The van der Waals surface area contributed by atoms with E-state index in [1.54, 1.807) is 19.1 Å². The van der Waals surface area contributed by atoms with E-state index in [9.17, 15) is 5.11 Å². The van der Waals surface area contributed by atoms with Crippen LogP contribution in [0.25, 0.3) is 0 Å². The van der Waals surface area contributed by atoms with Gasteiger partial charge in [-0.05, 0) is 13.0 Å². The molecule has 0 saturated carbocycles. The van der Waals surface area contributed by atoms with Crippen LogP contribution in [0.5, 0.6) is 5.75 Å². The van der Waals surface area contributed by atoms with E-state index < -0.39 is 6.04 Å². The second kappa shape index (κ2) is 3.96. The van der Waals surface area contributed by atoms with Gasteiger partial charge in [0, 0.05) is 16.1 Å². The van der Waals surface area contributed by atoms with Crippen LogP contribution in [0.2, 0.25) is 5.02 Å². The molecular weight excluding hydrogens is 190 g/mol. The number of nitrogens with two attached hydrogens (primary N) is 1. The van der Waals surface area contributed by atoms with Crippen LogP contribution in [0.1, 0.15) is 17.2 Å². The molecule has 0 saturated heterocycles. The number of phenolic OH excluding ortho intramolecular Hbond substituents is 1. The molecule has 0 amide bonds. The van der Waals surface area contributed by atoms with Crippen LogP contribution in [0.15, 0.2) is 12.1 Å². The number of benzene rings is 1. The fourth-order valence-corrected chi connectivity index (χ4v) is 1.25. The molecule has 1 atom stereocenters. The number of rotatable bonds is 2. The summed E-state index contributed by atoms with van der Waals surface area (Å²) in [5.74, 6) is 0.0639. The normalized spacial score (nSPS) is 12.9. The smallest absolute Gasteiger partial charge is 0.124 e. The van der Waals surface area contributed by atoms with Gasteiger partial charge in [-0.1, -0.05) is 17.7 Å². The lowest BCUT2D eigenvalue weighted by Crippen LogP contribution is -2.14. The van der Waals surface area contributed by atoms with Crippen LogP contribution in [0.3, 0.4) is 0 Å². The van der Waals surface area contributed by atoms with Gasteiger partial charge in [0.25, 0.3) is 0 Å². The molecule has 0 aliphatic heterocycles. The van der Waals surface area contributed by atoms with Gasteiger partial charge in [-0.25, -0.2) is 0 Å². The number of aliphatic hydroxyl groups excluding tert-OH is 1. The summed E-state index contributed by atoms with van der Waals surface area (Å²) < 4.78 is 0. The first-order valence-electron chi connectivity index (χ1n) is 3.92. The molecule has 1 aromatic carbocycles. The van der Waals surface area contributed by atoms with Crippen molar-refractivity contribution in [1.82, 2.24) is 0 Å². The van der Waals surface area contributed by atoms with Crippen LogP contribution in [0.4, 0.5) is 0 Å². The van der Waals surface area contributed by atoms with Crippen molar-refractivity contribution in [2.75, 3.05) is 6.61 Å². The van der Waals surface area contributed by atoms with Gasteiger partial charge in [0.05, 0.1) is 12.6 Å². The van der Waals surface area contributed by atoms with E-state index in [2.05, 4.69) is 0 Å². The van der Waals surface area contributed by atoms with Crippen LogP contribution in [0, 0.1) is 6.92 Å². The number of halogens is 1. The van der Waals surface area contributed by atoms with Gasteiger partial charge in [0.1, 0.15) is 5.75 Å². The lowest BCUT2D eigenvalue weighted by Gasteiger charge is -2.12. The Kier molecular flexibility index (Phi) is 3.14. The summed E-state index contributed by atoms with van der Waals surface area (Å²) in [5, 5.41) is 18.9. The van der Waals surface area contributed by atoms with Crippen molar-refractivity contribution in [1.29, 1.82) is 0 Å². The summed E-state index contributed by atoms with van der Waals surface area (Å²) in [6.45, 7) is 1.50. The highest BCUT2D eigenvalue weighted by molar-refractivity contribution is 6.31. The maximum Gasteiger partial charge on any atom is 0.124 e. The largest absolute Gasteiger partial charge is 0.507 e. The Balaban J connectivity index is 3.18. The van der Waals surface area contributed by atoms with Crippen molar-refractivity contribution >= 4 is 11.6 Å². The Morgan fingerprint density at radius 2 is 2.15 bits per heavy atom. The number of hydrogen-bond donors (Lipinski definition) is 3. The molecule has 4 heteroatoms. The fraction of sp³-hybridized carbons (Fsp3) is 0.333. The molecule has 1 aromatic rings. The maximum absolute atomic E-state index is 9.60. The van der Waals surface area contributed by atoms with Gasteiger partial charge in [-0.3, -0.25) is 0 Å². The third-order valence-electron chi connectivity index (χ3n) is 1.99. The predicted molar refractivity (Wildman–Crippen MR) is 51.9 cm³/mol. The molecule has 0 aliphatic carbocycles. The van der Waals surface area contributed by atoms with Gasteiger partial charge < -0.3 is 15.9 Å². The van der Waals surface area contributed by atoms with Crippen molar-refractivity contribution in [2.24, 2.45) is 5.73 Å². The number of hydrogen-bond acceptors (Lipinski definition) is 3. The van der Waals surface area contributed by atoms with E-state index in [1.165, 1.54) is 0 Å². The molecule has 0 unspecified atom stereocenters. The minimum absolute atomic E-state index is 0.0639. The zero-order chi connectivity index (χ0) is 10.0. The van der Waals surface area contributed by atoms with E-state index in [4.69, 9.17) is 22.4 Å². The van der Waals surface area contributed by atoms with Crippen molar-refractivity contribution in [3.8, 4) is 5.75 Å². The van der Waals surface area contributed by atoms with Crippen molar-refractivity contribution in [3.05, 3.63) is 28.3 Å². The third kappa shape index (κ3) is 1.94. The second-order valence-corrected chi connectivity index (χ2v) is 3.31. The minimum Gasteiger partial charge on any atom is -0.507 e. The molecule has 0 fully saturated rings. The van der Waals surface area contributed by atoms with E-state index in [0.29, 0.717) is 16.1 Å². The highest BCUT2D eigenvalue weighted by Gasteiger charge is 2.12. The van der Waals surface area contributed by atoms with Crippen molar-refractivity contribution in [2.45, 2.75) is 13.0 Å². The molecule has 0 spiro atoms. The van der Waals surface area contributed by atoms with Gasteiger partial charge in [-0.15, -0.1) is 0 Å². The van der Waals surface area contributed by atoms with Crippen LogP contribution >= 0.6 is 11.6 Å². The number of aliphatic hydroxyl groups is 1. The topological polar surface area (TPSA) is 66.5 Å². The zero-order valence-corrected chi connectivity index (χ0v) is 8.04. The first-order chi connectivity index (χ1) is 6.07. The van der Waals surface area contributed by atoms with Gasteiger partial charge in [0.15, 0.2) is 0 Å². The van der Waals surface area contributed by atoms with Crippen molar-refractivity contribution < 1.29 is 10.2 Å². The van der Waals surface area contributed by atoms with E-state index in [1.807, 2.05) is 0 Å². The van der Waals surface area contributed by atoms with Gasteiger partial charge >= 0.3 is 0 Å². The quantitative estimate of drug-likeness (QED) is 0.677. The Bertz CT molecular complexity index is 315. The first-order valence-corrected chi connectivity index (χ1v) is 4.30. The summed E-state index contributed by atoms with van der Waals surface area (Å²) >= 11 is 5.77. The molecule has 0 aromatic heterocycles. The van der Waals surface area contributed by atoms with E-state index >= 15 is 0 Å². The van der Waals surface area contributed by atoms with Crippen LogP contribution in [-0.4, -0.2) is 16.8 Å². The first kappa shape index (κ1) is 10.3. The lowest BCUT2D eigenvalue weighted by molar-refractivity contribution is 0.265. The van der Waals surface area contributed by atoms with Crippen molar-refractivity contribution in [3.63, 3.8) is 0 Å². The Labute approximate surface area is 81.8 Å². The summed E-state index contributed by atoms with van der Waals surface area (Å²) in [5.41, 5.74) is 6.67. The third-order valence-corrected chi connectivity index (χ3v) is 2.40. The lowest BCUT2D eigenvalue weighted by atomic mass is 10.0. The molecule has 4 N–H and O–H groups in total. The Hall–Kier alpha value is -0.770. The highest BCUT2D eigenvalue weighted by atomic mass is 35.5.